The number of hydrogen-bond donors (Lipinski definition) is 3. The number of hydrogen-bond acceptors (Lipinski definition) is 3. The maximum Gasteiger partial charge on any atom is 0.312 e. The van der Waals surface area contributed by atoms with Crippen LogP contribution in [0.2, 0.25) is 0 Å². The molecule has 0 aromatic rings. The van der Waals surface area contributed by atoms with Gasteiger partial charge in [-0.25, -0.2) is 4.79 Å². The van der Waals surface area contributed by atoms with Crippen LogP contribution in [0.4, 0.5) is 4.79 Å². The van der Waals surface area contributed by atoms with Crippen LogP contribution in [0.1, 0.15) is 39.5 Å². The summed E-state index contributed by atoms with van der Waals surface area (Å²) in [5, 5.41) is 11.4. The van der Waals surface area contributed by atoms with Crippen LogP contribution in [-0.4, -0.2) is 47.0 Å². The molecule has 3 amide bonds. The number of nitrogens with two attached hydrogens (primary N) is 1. The Labute approximate surface area is 124 Å². The molecule has 0 spiro atoms. The Morgan fingerprint density at radius 2 is 2.05 bits per heavy atom. The third-order valence-corrected chi connectivity index (χ3v) is 3.62. The molecule has 1 saturated heterocycles. The highest BCUT2D eigenvalue weighted by molar-refractivity contribution is 5.86. The third-order valence-electron chi connectivity index (χ3n) is 3.62. The number of nitrogens with one attached hydrogen (secondary N) is 1. The molecular formula is C14H25N3O4. The van der Waals surface area contributed by atoms with Gasteiger partial charge in [-0.3, -0.25) is 9.59 Å². The van der Waals surface area contributed by atoms with E-state index in [0.29, 0.717) is 19.5 Å². The van der Waals surface area contributed by atoms with Crippen LogP contribution < -0.4 is 11.1 Å². The number of likely N-dealkylation sites (tertiary alicyclic amines) is 1. The van der Waals surface area contributed by atoms with Gasteiger partial charge in [0.15, 0.2) is 0 Å². The highest BCUT2D eigenvalue weighted by Crippen LogP contribution is 2.21. The van der Waals surface area contributed by atoms with Crippen molar-refractivity contribution < 1.29 is 19.5 Å². The summed E-state index contributed by atoms with van der Waals surface area (Å²) in [4.78, 5) is 36.0. The minimum Gasteiger partial charge on any atom is -0.481 e. The maximum atomic E-state index is 12.5. The normalized spacial score (nSPS) is 20.1. The first-order chi connectivity index (χ1) is 9.79. The highest BCUT2D eigenvalue weighted by Gasteiger charge is 2.30. The van der Waals surface area contributed by atoms with Gasteiger partial charge >= 0.3 is 12.0 Å². The summed E-state index contributed by atoms with van der Waals surface area (Å²) < 4.78 is 0. The van der Waals surface area contributed by atoms with E-state index in [4.69, 9.17) is 10.8 Å². The van der Waals surface area contributed by atoms with Crippen molar-refractivity contribution in [2.45, 2.75) is 45.6 Å². The van der Waals surface area contributed by atoms with E-state index < -0.39 is 18.0 Å². The fourth-order valence-corrected chi connectivity index (χ4v) is 2.76. The van der Waals surface area contributed by atoms with Gasteiger partial charge < -0.3 is 21.1 Å². The molecule has 7 nitrogen and oxygen atoms in total. The van der Waals surface area contributed by atoms with Crippen LogP contribution in [0.5, 0.6) is 0 Å². The molecule has 7 heteroatoms. The molecule has 0 radical (unpaired) electrons. The highest BCUT2D eigenvalue weighted by atomic mass is 16.4. The number of aliphatic carboxylic acids is 1. The fourth-order valence-electron chi connectivity index (χ4n) is 2.76. The summed E-state index contributed by atoms with van der Waals surface area (Å²) in [5.41, 5.74) is 5.13. The summed E-state index contributed by atoms with van der Waals surface area (Å²) in [6, 6.07) is -1.35. The Morgan fingerprint density at radius 1 is 1.38 bits per heavy atom. The van der Waals surface area contributed by atoms with Gasteiger partial charge in [0.1, 0.15) is 6.04 Å². The molecule has 0 aliphatic carbocycles. The molecule has 1 fully saturated rings. The molecule has 120 valence electrons. The molecule has 0 bridgehead atoms. The fraction of sp³-hybridized carbons (Fsp3) is 0.786. The van der Waals surface area contributed by atoms with Gasteiger partial charge in [-0.1, -0.05) is 13.8 Å². The molecular weight excluding hydrogens is 274 g/mol. The number of piperidine rings is 1. The molecule has 1 aliphatic heterocycles. The van der Waals surface area contributed by atoms with Gasteiger partial charge in [-0.05, 0) is 31.1 Å². The Balaban J connectivity index is 2.68. The van der Waals surface area contributed by atoms with Gasteiger partial charge in [-0.2, -0.15) is 0 Å². The first kappa shape index (κ1) is 17.3. The Morgan fingerprint density at radius 3 is 2.57 bits per heavy atom. The zero-order valence-corrected chi connectivity index (χ0v) is 12.7. The average Bonchev–Trinajstić information content (AvgIpc) is 2.35. The van der Waals surface area contributed by atoms with Crippen molar-refractivity contribution in [1.29, 1.82) is 0 Å². The number of carboxylic acids is 1. The molecule has 1 rings (SSSR count). The first-order valence-corrected chi connectivity index (χ1v) is 7.36. The van der Waals surface area contributed by atoms with Crippen molar-refractivity contribution in [3.05, 3.63) is 0 Å². The molecule has 21 heavy (non-hydrogen) atoms. The van der Waals surface area contributed by atoms with Crippen molar-refractivity contribution in [3.63, 3.8) is 0 Å². The number of nitrogens with zero attached hydrogens (tertiary/aromatic N) is 1. The van der Waals surface area contributed by atoms with E-state index in [2.05, 4.69) is 5.32 Å². The van der Waals surface area contributed by atoms with Crippen molar-refractivity contribution in [3.8, 4) is 0 Å². The number of primary amides is 1. The minimum absolute atomic E-state index is 0.0199. The van der Waals surface area contributed by atoms with Crippen LogP contribution >= 0.6 is 0 Å². The summed E-state index contributed by atoms with van der Waals surface area (Å²) in [6.45, 7) is 4.96. The zero-order chi connectivity index (χ0) is 16.0. The number of amides is 3. The molecule has 4 N–H and O–H groups in total. The van der Waals surface area contributed by atoms with Crippen LogP contribution in [0, 0.1) is 11.8 Å². The van der Waals surface area contributed by atoms with E-state index in [-0.39, 0.29) is 24.2 Å². The summed E-state index contributed by atoms with van der Waals surface area (Å²) in [7, 11) is 0. The van der Waals surface area contributed by atoms with Crippen molar-refractivity contribution in [1.82, 2.24) is 10.2 Å². The Kier molecular flexibility index (Phi) is 6.45. The Bertz CT molecular complexity index is 398. The number of urea groups is 1. The number of carboxylic acid groups (broad SMARTS) is 1. The molecule has 0 saturated carbocycles. The molecule has 2 unspecified atom stereocenters. The van der Waals surface area contributed by atoms with Crippen LogP contribution in [-0.2, 0) is 9.59 Å². The van der Waals surface area contributed by atoms with Gasteiger partial charge in [0, 0.05) is 19.5 Å². The van der Waals surface area contributed by atoms with E-state index in [1.807, 2.05) is 13.8 Å². The van der Waals surface area contributed by atoms with Gasteiger partial charge in [0.05, 0.1) is 0 Å². The van der Waals surface area contributed by atoms with E-state index in [9.17, 15) is 14.4 Å². The molecule has 0 aromatic heterocycles. The maximum absolute atomic E-state index is 12.5. The standard InChI is InChI=1S/C14H25N3O4/c1-9(2)6-11(16-14(15)21)13(20)17-5-3-4-10(8-17)7-12(18)19/h9-11H,3-8H2,1-2H3,(H,18,19)(H3,15,16,21). The third kappa shape index (κ3) is 6.01. The number of carbonyl (C=O) groups excluding carboxylic acids is 2. The van der Waals surface area contributed by atoms with Gasteiger partial charge in [-0.15, -0.1) is 0 Å². The second-order valence-corrected chi connectivity index (χ2v) is 6.08. The van der Waals surface area contributed by atoms with Crippen molar-refractivity contribution in [2.24, 2.45) is 17.6 Å². The van der Waals surface area contributed by atoms with E-state index in [0.717, 1.165) is 12.8 Å². The van der Waals surface area contributed by atoms with Gasteiger partial charge in [0.25, 0.3) is 0 Å². The largest absolute Gasteiger partial charge is 0.481 e. The average molecular weight is 299 g/mol. The lowest BCUT2D eigenvalue weighted by atomic mass is 9.93. The molecule has 2 atom stereocenters. The van der Waals surface area contributed by atoms with Crippen LogP contribution in [0.3, 0.4) is 0 Å². The quantitative estimate of drug-likeness (QED) is 0.672. The van der Waals surface area contributed by atoms with Crippen molar-refractivity contribution in [2.75, 3.05) is 13.1 Å². The van der Waals surface area contributed by atoms with E-state index in [1.165, 1.54) is 0 Å². The topological polar surface area (TPSA) is 113 Å². The van der Waals surface area contributed by atoms with Crippen LogP contribution in [0.25, 0.3) is 0 Å². The smallest absolute Gasteiger partial charge is 0.312 e. The monoisotopic (exact) mass is 299 g/mol. The molecule has 1 aliphatic rings. The summed E-state index contributed by atoms with van der Waals surface area (Å²) >= 11 is 0. The first-order valence-electron chi connectivity index (χ1n) is 7.36. The summed E-state index contributed by atoms with van der Waals surface area (Å²) in [6.07, 6.45) is 2.19. The SMILES string of the molecule is CC(C)CC(NC(N)=O)C(=O)N1CCCC(CC(=O)O)C1. The van der Waals surface area contributed by atoms with Crippen molar-refractivity contribution >= 4 is 17.9 Å². The summed E-state index contributed by atoms with van der Waals surface area (Å²) in [5.74, 6) is -0.792. The zero-order valence-electron chi connectivity index (χ0n) is 12.7. The lowest BCUT2D eigenvalue weighted by molar-refractivity contribution is -0.141. The number of carbonyl (C=O) groups is 3. The van der Waals surface area contributed by atoms with Gasteiger partial charge in [0.2, 0.25) is 5.91 Å². The second kappa shape index (κ2) is 7.85. The van der Waals surface area contributed by atoms with E-state index >= 15 is 0 Å². The number of rotatable bonds is 6. The van der Waals surface area contributed by atoms with Crippen LogP contribution in [0.15, 0.2) is 0 Å². The predicted octanol–water partition coefficient (Wildman–Crippen LogP) is 0.783. The van der Waals surface area contributed by atoms with E-state index in [1.54, 1.807) is 4.90 Å². The second-order valence-electron chi connectivity index (χ2n) is 6.08. The minimum atomic E-state index is -0.844. The Hall–Kier alpha value is -1.79. The predicted molar refractivity (Wildman–Crippen MR) is 77.5 cm³/mol. The molecule has 0 aromatic carbocycles. The lowest BCUT2D eigenvalue weighted by Crippen LogP contribution is -2.53. The molecule has 1 heterocycles. The lowest BCUT2D eigenvalue weighted by Gasteiger charge is -2.35.